The van der Waals surface area contributed by atoms with Crippen molar-refractivity contribution in [2.45, 2.75) is 65.3 Å². The van der Waals surface area contributed by atoms with Gasteiger partial charge in [-0.3, -0.25) is 9.59 Å². The van der Waals surface area contributed by atoms with Gasteiger partial charge in [-0.1, -0.05) is 25.2 Å². The number of hydrogen-bond acceptors (Lipinski definition) is 6. The molecule has 28 heavy (non-hydrogen) atoms. The van der Waals surface area contributed by atoms with E-state index < -0.39 is 11.5 Å². The first-order chi connectivity index (χ1) is 13.3. The maximum Gasteiger partial charge on any atom is 0.309 e. The van der Waals surface area contributed by atoms with E-state index in [9.17, 15) is 9.59 Å². The Kier molecular flexibility index (Phi) is 8.45. The van der Waals surface area contributed by atoms with Crippen molar-refractivity contribution in [1.29, 1.82) is 0 Å². The van der Waals surface area contributed by atoms with Gasteiger partial charge < -0.3 is 19.5 Å². The van der Waals surface area contributed by atoms with E-state index in [1.165, 1.54) is 0 Å². The fourth-order valence-electron chi connectivity index (χ4n) is 2.95. The molecule has 1 N–H and O–H groups in total. The Morgan fingerprint density at radius 3 is 2.79 bits per heavy atom. The fourth-order valence-corrected chi connectivity index (χ4v) is 2.95. The van der Waals surface area contributed by atoms with E-state index in [0.29, 0.717) is 18.7 Å². The molecule has 0 aromatic heterocycles. The third kappa shape index (κ3) is 7.60. The van der Waals surface area contributed by atoms with E-state index in [1.807, 2.05) is 39.0 Å². The number of hydrogen-bond donors (Lipinski definition) is 1. The Morgan fingerprint density at radius 1 is 1.32 bits per heavy atom. The summed E-state index contributed by atoms with van der Waals surface area (Å²) in [5, 5.41) is 3.11. The summed E-state index contributed by atoms with van der Waals surface area (Å²) in [5.74, 6) is -0.990. The van der Waals surface area contributed by atoms with E-state index >= 15 is 0 Å². The van der Waals surface area contributed by atoms with Gasteiger partial charge in [-0.05, 0) is 45.6 Å². The third-order valence-corrected chi connectivity index (χ3v) is 4.43. The number of Topliss-reactive ketones (excluding diaryl/α,β-unsaturated/α-hetero) is 1. The molecule has 0 amide bonds. The van der Waals surface area contributed by atoms with Crippen LogP contribution >= 0.6 is 0 Å². The first kappa shape index (κ1) is 22.4. The molecular weight excluding hydrogens is 358 g/mol. The van der Waals surface area contributed by atoms with Crippen LogP contribution in [0.5, 0.6) is 0 Å². The lowest BCUT2D eigenvalue weighted by Gasteiger charge is -2.24. The van der Waals surface area contributed by atoms with Crippen LogP contribution in [0.25, 0.3) is 0 Å². The fraction of sp³-hybridized carbons (Fsp3) is 0.636. The van der Waals surface area contributed by atoms with Crippen molar-refractivity contribution in [2.75, 3.05) is 19.8 Å². The second kappa shape index (κ2) is 10.6. The van der Waals surface area contributed by atoms with Crippen molar-refractivity contribution in [1.82, 2.24) is 5.32 Å². The second-order valence-corrected chi connectivity index (χ2v) is 8.26. The number of allylic oxidation sites excluding steroid dienone is 2. The Labute approximate surface area is 168 Å². The van der Waals surface area contributed by atoms with Crippen molar-refractivity contribution >= 4 is 11.8 Å². The molecule has 0 aromatic carbocycles. The summed E-state index contributed by atoms with van der Waals surface area (Å²) in [6, 6.07) is 0. The summed E-state index contributed by atoms with van der Waals surface area (Å²) in [7, 11) is 0. The number of ether oxygens (including phenoxy) is 3. The highest BCUT2D eigenvalue weighted by Gasteiger charge is 2.26. The standard InChI is InChI=1S/C22H33NO5/c1-16(21(25)28-22(2,3)4)13-19(24)18-14-23-11-7-5-9-17(18)15-27-20-10-6-8-12-26-20/h5,7,9,14,16,20,23H,6,8,10-13,15H2,1-4H3/b7-5+,17-9-,18-14+. The second-order valence-electron chi connectivity index (χ2n) is 8.26. The Hall–Kier alpha value is -1.92. The molecule has 0 aromatic rings. The zero-order valence-corrected chi connectivity index (χ0v) is 17.5. The van der Waals surface area contributed by atoms with Crippen molar-refractivity contribution < 1.29 is 23.8 Å². The first-order valence-electron chi connectivity index (χ1n) is 10.0. The normalized spacial score (nSPS) is 26.4. The van der Waals surface area contributed by atoms with Gasteiger partial charge in [-0.15, -0.1) is 0 Å². The molecule has 0 spiro atoms. The average Bonchev–Trinajstić information content (AvgIpc) is 2.60. The van der Waals surface area contributed by atoms with Crippen LogP contribution in [0.3, 0.4) is 0 Å². The molecule has 0 saturated carbocycles. The van der Waals surface area contributed by atoms with Crippen molar-refractivity contribution in [3.05, 3.63) is 35.6 Å². The van der Waals surface area contributed by atoms with Gasteiger partial charge in [0, 0.05) is 31.3 Å². The minimum Gasteiger partial charge on any atom is -0.460 e. The van der Waals surface area contributed by atoms with E-state index in [0.717, 1.165) is 24.8 Å². The van der Waals surface area contributed by atoms with Crippen LogP contribution in [0.1, 0.15) is 53.4 Å². The quantitative estimate of drug-likeness (QED) is 0.670. The summed E-state index contributed by atoms with van der Waals surface area (Å²) < 4.78 is 16.9. The van der Waals surface area contributed by atoms with E-state index in [-0.39, 0.29) is 31.1 Å². The van der Waals surface area contributed by atoms with Gasteiger partial charge in [0.2, 0.25) is 0 Å². The lowest BCUT2D eigenvalue weighted by molar-refractivity contribution is -0.160. The Balaban J connectivity index is 2.02. The van der Waals surface area contributed by atoms with Crippen molar-refractivity contribution in [3.63, 3.8) is 0 Å². The van der Waals surface area contributed by atoms with Crippen LogP contribution in [0.4, 0.5) is 0 Å². The van der Waals surface area contributed by atoms with Crippen LogP contribution in [0.2, 0.25) is 0 Å². The maximum absolute atomic E-state index is 12.9. The molecule has 2 unspecified atom stereocenters. The van der Waals surface area contributed by atoms with Gasteiger partial charge in [0.05, 0.1) is 12.5 Å². The Bertz CT molecular complexity index is 636. The average molecular weight is 392 g/mol. The summed E-state index contributed by atoms with van der Waals surface area (Å²) >= 11 is 0. The predicted molar refractivity (Wildman–Crippen MR) is 107 cm³/mol. The van der Waals surface area contributed by atoms with Crippen molar-refractivity contribution in [3.8, 4) is 0 Å². The highest BCUT2D eigenvalue weighted by Crippen LogP contribution is 2.22. The molecule has 2 rings (SSSR count). The van der Waals surface area contributed by atoms with Crippen molar-refractivity contribution in [2.24, 2.45) is 5.92 Å². The number of esters is 1. The van der Waals surface area contributed by atoms with Gasteiger partial charge in [0.1, 0.15) is 5.60 Å². The maximum atomic E-state index is 12.9. The molecule has 0 radical (unpaired) electrons. The Morgan fingerprint density at radius 2 is 2.11 bits per heavy atom. The van der Waals surface area contributed by atoms with Gasteiger partial charge in [-0.2, -0.15) is 0 Å². The van der Waals surface area contributed by atoms with Crippen LogP contribution in [0, 0.1) is 5.92 Å². The number of ketones is 1. The number of nitrogens with one attached hydrogen (secondary N) is 1. The molecule has 2 atom stereocenters. The first-order valence-corrected chi connectivity index (χ1v) is 10.0. The van der Waals surface area contributed by atoms with E-state index in [1.54, 1.807) is 13.1 Å². The zero-order valence-electron chi connectivity index (χ0n) is 17.5. The predicted octanol–water partition coefficient (Wildman–Crippen LogP) is 3.44. The number of carbonyl (C=O) groups is 2. The van der Waals surface area contributed by atoms with Gasteiger partial charge in [-0.25, -0.2) is 0 Å². The summed E-state index contributed by atoms with van der Waals surface area (Å²) in [6.45, 7) is 8.80. The molecule has 2 heterocycles. The minimum absolute atomic E-state index is 0.0867. The molecule has 156 valence electrons. The summed E-state index contributed by atoms with van der Waals surface area (Å²) in [6.07, 6.45) is 10.4. The van der Waals surface area contributed by atoms with E-state index in [2.05, 4.69) is 5.32 Å². The lowest BCUT2D eigenvalue weighted by atomic mass is 9.94. The van der Waals surface area contributed by atoms with Gasteiger partial charge >= 0.3 is 5.97 Å². The minimum atomic E-state index is -0.570. The summed E-state index contributed by atoms with van der Waals surface area (Å²) in [4.78, 5) is 25.2. The molecule has 2 aliphatic rings. The largest absolute Gasteiger partial charge is 0.460 e. The number of rotatable bonds is 7. The molecular formula is C22H33NO5. The molecule has 0 bridgehead atoms. The van der Waals surface area contributed by atoms with Crippen LogP contribution in [-0.4, -0.2) is 43.4 Å². The molecule has 0 aliphatic carbocycles. The van der Waals surface area contributed by atoms with Crippen LogP contribution < -0.4 is 5.32 Å². The molecule has 2 aliphatic heterocycles. The van der Waals surface area contributed by atoms with Crippen LogP contribution in [0.15, 0.2) is 35.6 Å². The topological polar surface area (TPSA) is 73.9 Å². The van der Waals surface area contributed by atoms with Crippen LogP contribution in [-0.2, 0) is 23.8 Å². The molecule has 6 nitrogen and oxygen atoms in total. The lowest BCUT2D eigenvalue weighted by Crippen LogP contribution is -2.29. The highest BCUT2D eigenvalue weighted by atomic mass is 16.7. The smallest absolute Gasteiger partial charge is 0.309 e. The zero-order chi connectivity index (χ0) is 20.6. The third-order valence-electron chi connectivity index (χ3n) is 4.43. The monoisotopic (exact) mass is 391 g/mol. The molecule has 6 heteroatoms. The molecule has 1 saturated heterocycles. The summed E-state index contributed by atoms with van der Waals surface area (Å²) in [5.41, 5.74) is 0.744. The van der Waals surface area contributed by atoms with Gasteiger partial charge in [0.25, 0.3) is 0 Å². The highest BCUT2D eigenvalue weighted by molar-refractivity contribution is 6.01. The number of carbonyl (C=O) groups excluding carboxylic acids is 2. The van der Waals surface area contributed by atoms with Gasteiger partial charge in [0.15, 0.2) is 12.1 Å². The SMILES string of the molecule is CC(CC(=O)C1=C/NC/C=C/C=C\1COC1CCCCO1)C(=O)OC(C)(C)C. The van der Waals surface area contributed by atoms with E-state index in [4.69, 9.17) is 14.2 Å². The molecule has 1 fully saturated rings.